The third-order valence-corrected chi connectivity index (χ3v) is 4.45. The molecule has 0 aliphatic rings. The Morgan fingerprint density at radius 3 is 2.15 bits per heavy atom. The molecule has 3 aromatic rings. The van der Waals surface area contributed by atoms with Crippen molar-refractivity contribution in [2.24, 2.45) is 0 Å². The molecule has 0 fully saturated rings. The SMILES string of the molecule is CC(=O)C[C@@H](c1ccc(OCc2ccc(OC(F)(F)F)c(OC(F)(F)F)c2)cc1)c1ccon1. The number of rotatable bonds is 9. The van der Waals surface area contributed by atoms with Crippen molar-refractivity contribution >= 4 is 5.78 Å². The number of ketones is 1. The minimum Gasteiger partial charge on any atom is -0.489 e. The van der Waals surface area contributed by atoms with Crippen LogP contribution in [0.25, 0.3) is 0 Å². The standard InChI is InChI=1S/C22H17F6NO5/c1-13(30)10-17(18-8-9-32-29-18)15-3-5-16(6-4-15)31-12-14-2-7-19(33-21(23,24)25)20(11-14)34-22(26,27)28/h2-9,11,17H,10,12H2,1H3/t17-/m0/s1. The van der Waals surface area contributed by atoms with E-state index in [1.807, 2.05) is 0 Å². The molecule has 0 aliphatic carbocycles. The second-order valence-electron chi connectivity index (χ2n) is 7.12. The van der Waals surface area contributed by atoms with Gasteiger partial charge in [-0.3, -0.25) is 4.79 Å². The molecule has 34 heavy (non-hydrogen) atoms. The molecule has 0 saturated heterocycles. The Balaban J connectivity index is 1.73. The van der Waals surface area contributed by atoms with Gasteiger partial charge in [0.2, 0.25) is 0 Å². The van der Waals surface area contributed by atoms with E-state index >= 15 is 0 Å². The maximum Gasteiger partial charge on any atom is 0.573 e. The van der Waals surface area contributed by atoms with Crippen molar-refractivity contribution in [1.82, 2.24) is 5.16 Å². The van der Waals surface area contributed by atoms with Crippen LogP contribution in [-0.4, -0.2) is 23.7 Å². The van der Waals surface area contributed by atoms with Gasteiger partial charge in [0.25, 0.3) is 0 Å². The molecule has 0 N–H and O–H groups in total. The van der Waals surface area contributed by atoms with Gasteiger partial charge in [-0.2, -0.15) is 0 Å². The van der Waals surface area contributed by atoms with Gasteiger partial charge in [-0.05, 0) is 42.3 Å². The molecule has 0 radical (unpaired) electrons. The molecule has 6 nitrogen and oxygen atoms in total. The summed E-state index contributed by atoms with van der Waals surface area (Å²) in [6, 6.07) is 10.8. The minimum atomic E-state index is -5.22. The van der Waals surface area contributed by atoms with Crippen molar-refractivity contribution in [1.29, 1.82) is 0 Å². The lowest BCUT2D eigenvalue weighted by atomic mass is 9.91. The molecule has 2 aromatic carbocycles. The lowest BCUT2D eigenvalue weighted by Crippen LogP contribution is -2.21. The van der Waals surface area contributed by atoms with E-state index in [1.54, 1.807) is 30.3 Å². The molecule has 0 amide bonds. The van der Waals surface area contributed by atoms with Crippen molar-refractivity contribution in [2.45, 2.75) is 38.6 Å². The average Bonchev–Trinajstić information content (AvgIpc) is 3.25. The second kappa shape index (κ2) is 10.1. The molecule has 3 rings (SSSR count). The highest BCUT2D eigenvalue weighted by Gasteiger charge is 2.36. The highest BCUT2D eigenvalue weighted by Crippen LogP contribution is 2.36. The first-order valence-corrected chi connectivity index (χ1v) is 9.66. The first-order valence-electron chi connectivity index (χ1n) is 9.66. The summed E-state index contributed by atoms with van der Waals surface area (Å²) >= 11 is 0. The molecule has 1 aromatic heterocycles. The molecule has 1 atom stereocenters. The highest BCUT2D eigenvalue weighted by atomic mass is 19.4. The summed E-state index contributed by atoms with van der Waals surface area (Å²) in [6.45, 7) is 1.19. The van der Waals surface area contributed by atoms with E-state index in [4.69, 9.17) is 9.26 Å². The zero-order valence-electron chi connectivity index (χ0n) is 17.4. The maximum atomic E-state index is 12.6. The second-order valence-corrected chi connectivity index (χ2v) is 7.12. The fraction of sp³-hybridized carbons (Fsp3) is 0.273. The minimum absolute atomic E-state index is 0.0526. The van der Waals surface area contributed by atoms with Crippen LogP contribution < -0.4 is 14.2 Å². The largest absolute Gasteiger partial charge is 0.573 e. The summed E-state index contributed by atoms with van der Waals surface area (Å²) in [5, 5.41) is 3.88. The molecular formula is C22H17F6NO5. The number of nitrogens with zero attached hydrogens (tertiary/aromatic N) is 1. The maximum absolute atomic E-state index is 12.6. The fourth-order valence-electron chi connectivity index (χ4n) is 3.10. The van der Waals surface area contributed by atoms with Crippen LogP contribution in [0, 0.1) is 0 Å². The summed E-state index contributed by atoms with van der Waals surface area (Å²) in [4.78, 5) is 11.6. The van der Waals surface area contributed by atoms with Crippen LogP contribution in [0.1, 0.15) is 36.1 Å². The van der Waals surface area contributed by atoms with Crippen molar-refractivity contribution in [3.8, 4) is 17.2 Å². The zero-order chi connectivity index (χ0) is 24.9. The van der Waals surface area contributed by atoms with Crippen LogP contribution in [0.15, 0.2) is 59.3 Å². The summed E-state index contributed by atoms with van der Waals surface area (Å²) in [5.41, 5.74) is 1.43. The van der Waals surface area contributed by atoms with Gasteiger partial charge in [-0.15, -0.1) is 26.3 Å². The number of Topliss-reactive ketones (excluding diaryl/α,β-unsaturated/α-hetero) is 1. The van der Waals surface area contributed by atoms with E-state index in [0.29, 0.717) is 17.5 Å². The molecule has 12 heteroatoms. The molecule has 182 valence electrons. The van der Waals surface area contributed by atoms with Crippen LogP contribution in [-0.2, 0) is 11.4 Å². The van der Waals surface area contributed by atoms with Gasteiger partial charge in [0.15, 0.2) is 11.5 Å². The van der Waals surface area contributed by atoms with Gasteiger partial charge in [0, 0.05) is 18.4 Å². The van der Waals surface area contributed by atoms with Gasteiger partial charge in [-0.1, -0.05) is 23.4 Å². The molecule has 0 aliphatic heterocycles. The van der Waals surface area contributed by atoms with E-state index in [0.717, 1.165) is 17.7 Å². The van der Waals surface area contributed by atoms with E-state index in [-0.39, 0.29) is 30.3 Å². The number of aromatic nitrogens is 1. The van der Waals surface area contributed by atoms with Crippen LogP contribution in [0.2, 0.25) is 0 Å². The summed E-state index contributed by atoms with van der Waals surface area (Å²) in [5.74, 6) is -2.35. The first kappa shape index (κ1) is 24.9. The third-order valence-electron chi connectivity index (χ3n) is 4.45. The number of ether oxygens (including phenoxy) is 3. The predicted molar refractivity (Wildman–Crippen MR) is 104 cm³/mol. The molecule has 0 bridgehead atoms. The highest BCUT2D eigenvalue weighted by molar-refractivity contribution is 5.77. The third kappa shape index (κ3) is 7.42. The van der Waals surface area contributed by atoms with Crippen LogP contribution in [0.4, 0.5) is 26.3 Å². The lowest BCUT2D eigenvalue weighted by molar-refractivity contribution is -0.287. The van der Waals surface area contributed by atoms with E-state index in [9.17, 15) is 31.1 Å². The molecular weight excluding hydrogens is 472 g/mol. The Morgan fingerprint density at radius 1 is 0.941 bits per heavy atom. The number of hydrogen-bond acceptors (Lipinski definition) is 6. The Morgan fingerprint density at radius 2 is 1.59 bits per heavy atom. The molecule has 0 unspecified atom stereocenters. The number of alkyl halides is 6. The van der Waals surface area contributed by atoms with Gasteiger partial charge in [0.1, 0.15) is 24.4 Å². The van der Waals surface area contributed by atoms with Gasteiger partial charge in [0.05, 0.1) is 5.69 Å². The van der Waals surface area contributed by atoms with E-state index in [1.165, 1.54) is 13.2 Å². The first-order chi connectivity index (χ1) is 15.9. The zero-order valence-corrected chi connectivity index (χ0v) is 17.4. The average molecular weight is 489 g/mol. The number of hydrogen-bond donors (Lipinski definition) is 0. The van der Waals surface area contributed by atoms with Crippen LogP contribution in [0.3, 0.4) is 0 Å². The van der Waals surface area contributed by atoms with Crippen molar-refractivity contribution < 1.29 is 49.9 Å². The fourth-order valence-corrected chi connectivity index (χ4v) is 3.10. The normalized spacial score (nSPS) is 12.8. The Bertz CT molecular complexity index is 1090. The van der Waals surface area contributed by atoms with E-state index < -0.39 is 24.2 Å². The summed E-state index contributed by atoms with van der Waals surface area (Å²) in [7, 11) is 0. The molecule has 1 heterocycles. The number of benzene rings is 2. The number of carbonyl (C=O) groups is 1. The number of halogens is 6. The van der Waals surface area contributed by atoms with Gasteiger partial charge < -0.3 is 18.7 Å². The summed E-state index contributed by atoms with van der Waals surface area (Å²) in [6.07, 6.45) is -8.84. The topological polar surface area (TPSA) is 70.8 Å². The molecule has 0 saturated carbocycles. The predicted octanol–water partition coefficient (Wildman–Crippen LogP) is 6.16. The van der Waals surface area contributed by atoms with E-state index in [2.05, 4.69) is 14.6 Å². The number of carbonyl (C=O) groups excluding carboxylic acids is 1. The lowest BCUT2D eigenvalue weighted by Gasteiger charge is -2.17. The van der Waals surface area contributed by atoms with Crippen molar-refractivity contribution in [3.05, 3.63) is 71.6 Å². The van der Waals surface area contributed by atoms with Gasteiger partial charge in [-0.25, -0.2) is 0 Å². The Hall–Kier alpha value is -3.70. The monoisotopic (exact) mass is 489 g/mol. The van der Waals surface area contributed by atoms with Gasteiger partial charge >= 0.3 is 12.7 Å². The smallest absolute Gasteiger partial charge is 0.489 e. The van der Waals surface area contributed by atoms with Crippen LogP contribution in [0.5, 0.6) is 17.2 Å². The Labute approximate surface area is 189 Å². The molecule has 0 spiro atoms. The van der Waals surface area contributed by atoms with Crippen molar-refractivity contribution in [2.75, 3.05) is 0 Å². The summed E-state index contributed by atoms with van der Waals surface area (Å²) < 4.78 is 92.8. The quantitative estimate of drug-likeness (QED) is 0.335. The van der Waals surface area contributed by atoms with Crippen molar-refractivity contribution in [3.63, 3.8) is 0 Å². The Kier molecular flexibility index (Phi) is 7.38. The van der Waals surface area contributed by atoms with Crippen LogP contribution >= 0.6 is 0 Å².